The average Bonchev–Trinajstić information content (AvgIpc) is 3.78. The Hall–Kier alpha value is -3.35. The van der Waals surface area contributed by atoms with Gasteiger partial charge in [-0.15, -0.1) is 0 Å². The maximum absolute atomic E-state index is 13.3. The number of aromatic nitrogens is 4. The number of amidine groups is 1. The summed E-state index contributed by atoms with van der Waals surface area (Å²) in [6.07, 6.45) is 6.46. The van der Waals surface area contributed by atoms with Crippen molar-refractivity contribution < 1.29 is 4.79 Å². The molecule has 168 valence electrons. The molecule has 0 N–H and O–H groups in total. The SMILES string of the molecule is CCCC1=NC(=O)C(C2CC2)(C2CC2)N1Cc1ccc(-c2ccccc2-c2nnn[n-]2)cc1. The molecule has 0 unspecified atom stereocenters. The molecular weight excluding hydrogens is 412 g/mol. The van der Waals surface area contributed by atoms with Crippen molar-refractivity contribution in [3.05, 3.63) is 54.1 Å². The minimum Gasteiger partial charge on any atom is -0.340 e. The van der Waals surface area contributed by atoms with Crippen molar-refractivity contribution in [2.75, 3.05) is 0 Å². The number of hydrogen-bond acceptors (Lipinski definition) is 5. The summed E-state index contributed by atoms with van der Waals surface area (Å²) in [6.45, 7) is 2.90. The number of amides is 1. The Bertz CT molecular complexity index is 1180. The molecule has 7 heteroatoms. The normalized spacial score (nSPS) is 19.7. The van der Waals surface area contributed by atoms with Crippen molar-refractivity contribution in [2.45, 2.75) is 57.5 Å². The Balaban J connectivity index is 1.31. The number of rotatable bonds is 8. The summed E-state index contributed by atoms with van der Waals surface area (Å²) >= 11 is 0. The fourth-order valence-electron chi connectivity index (χ4n) is 5.56. The second-order valence-corrected chi connectivity index (χ2v) is 9.49. The highest BCUT2D eigenvalue weighted by molar-refractivity contribution is 6.07. The quantitative estimate of drug-likeness (QED) is 0.521. The largest absolute Gasteiger partial charge is 0.340 e. The number of aliphatic imine (C=N–C) groups is 1. The molecule has 1 amide bonds. The van der Waals surface area contributed by atoms with E-state index in [2.05, 4.69) is 67.8 Å². The van der Waals surface area contributed by atoms with Gasteiger partial charge in [0.05, 0.1) is 0 Å². The van der Waals surface area contributed by atoms with E-state index in [0.717, 1.165) is 67.6 Å². The van der Waals surface area contributed by atoms with Gasteiger partial charge in [0, 0.05) is 18.8 Å². The van der Waals surface area contributed by atoms with Gasteiger partial charge in [0.1, 0.15) is 11.4 Å². The lowest BCUT2D eigenvalue weighted by atomic mass is 9.84. The Kier molecular flexibility index (Phi) is 4.85. The van der Waals surface area contributed by atoms with Crippen LogP contribution in [-0.2, 0) is 11.3 Å². The minimum absolute atomic E-state index is 0.124. The van der Waals surface area contributed by atoms with Gasteiger partial charge in [0.15, 0.2) is 0 Å². The van der Waals surface area contributed by atoms with Gasteiger partial charge in [-0.1, -0.05) is 55.5 Å². The highest BCUT2D eigenvalue weighted by atomic mass is 16.2. The molecule has 1 aliphatic heterocycles. The van der Waals surface area contributed by atoms with Gasteiger partial charge in [0.2, 0.25) is 0 Å². The molecule has 2 fully saturated rings. The summed E-state index contributed by atoms with van der Waals surface area (Å²) in [7, 11) is 0. The zero-order valence-corrected chi connectivity index (χ0v) is 18.8. The molecule has 3 aromatic rings. The Morgan fingerprint density at radius 1 is 1.00 bits per heavy atom. The second-order valence-electron chi connectivity index (χ2n) is 9.49. The number of tetrazole rings is 1. The van der Waals surface area contributed by atoms with E-state index in [9.17, 15) is 4.79 Å². The standard InChI is InChI=1S/C26H27N6O/c1-2-5-23-27-25(33)26(19-12-13-19,20-14-15-20)32(23)16-17-8-10-18(11-9-17)21-6-3-4-7-22(21)24-28-30-31-29-24/h3-4,6-11,19-20H,2,5,12-16H2,1H3/q-1. The third kappa shape index (κ3) is 3.37. The van der Waals surface area contributed by atoms with Crippen LogP contribution >= 0.6 is 0 Å². The fraction of sp³-hybridized carbons (Fsp3) is 0.423. The van der Waals surface area contributed by atoms with Gasteiger partial charge in [-0.2, -0.15) is 10.2 Å². The molecule has 0 radical (unpaired) electrons. The number of hydrogen-bond donors (Lipinski definition) is 0. The first-order chi connectivity index (χ1) is 16.2. The van der Waals surface area contributed by atoms with E-state index in [-0.39, 0.29) is 11.4 Å². The van der Waals surface area contributed by atoms with Crippen molar-refractivity contribution in [3.63, 3.8) is 0 Å². The molecule has 3 aliphatic rings. The topological polar surface area (TPSA) is 85.4 Å². The lowest BCUT2D eigenvalue weighted by Crippen LogP contribution is -2.54. The van der Waals surface area contributed by atoms with E-state index < -0.39 is 0 Å². The van der Waals surface area contributed by atoms with Crippen molar-refractivity contribution >= 4 is 11.7 Å². The number of carbonyl (C=O) groups is 1. The first-order valence-corrected chi connectivity index (χ1v) is 12.0. The molecule has 0 spiro atoms. The van der Waals surface area contributed by atoms with E-state index >= 15 is 0 Å². The lowest BCUT2D eigenvalue weighted by Gasteiger charge is -2.39. The molecule has 0 atom stereocenters. The summed E-state index contributed by atoms with van der Waals surface area (Å²) in [5, 5.41) is 15.3. The van der Waals surface area contributed by atoms with Gasteiger partial charge < -0.3 is 10.00 Å². The van der Waals surface area contributed by atoms with Crippen LogP contribution in [0.15, 0.2) is 53.5 Å². The molecule has 1 aromatic heterocycles. The Morgan fingerprint density at radius 3 is 2.30 bits per heavy atom. The van der Waals surface area contributed by atoms with Crippen LogP contribution in [0, 0.1) is 11.8 Å². The zero-order chi connectivity index (χ0) is 22.4. The van der Waals surface area contributed by atoms with Gasteiger partial charge in [-0.3, -0.25) is 15.1 Å². The van der Waals surface area contributed by atoms with Crippen LogP contribution in [0.5, 0.6) is 0 Å². The number of carbonyl (C=O) groups excluding carboxylic acids is 1. The summed E-state index contributed by atoms with van der Waals surface area (Å²) in [5.41, 5.74) is 3.88. The zero-order valence-electron chi connectivity index (χ0n) is 18.8. The van der Waals surface area contributed by atoms with Gasteiger partial charge in [-0.25, -0.2) is 0 Å². The van der Waals surface area contributed by atoms with Crippen molar-refractivity contribution in [3.8, 4) is 22.5 Å². The molecule has 0 bridgehead atoms. The first-order valence-electron chi connectivity index (χ1n) is 12.0. The molecule has 2 aromatic carbocycles. The van der Waals surface area contributed by atoms with E-state index in [1.807, 2.05) is 18.2 Å². The van der Waals surface area contributed by atoms with E-state index in [1.165, 1.54) is 5.56 Å². The predicted octanol–water partition coefficient (Wildman–Crippen LogP) is 4.26. The summed E-state index contributed by atoms with van der Waals surface area (Å²) in [5.74, 6) is 2.58. The third-order valence-corrected chi connectivity index (χ3v) is 7.30. The molecule has 2 saturated carbocycles. The van der Waals surface area contributed by atoms with Crippen LogP contribution in [-0.4, -0.2) is 37.7 Å². The summed E-state index contributed by atoms with van der Waals surface area (Å²) in [6, 6.07) is 16.7. The Morgan fingerprint density at radius 2 is 1.70 bits per heavy atom. The van der Waals surface area contributed by atoms with Gasteiger partial charge >= 0.3 is 0 Å². The summed E-state index contributed by atoms with van der Waals surface area (Å²) < 4.78 is 0. The van der Waals surface area contributed by atoms with Crippen LogP contribution in [0.1, 0.15) is 51.0 Å². The minimum atomic E-state index is -0.384. The lowest BCUT2D eigenvalue weighted by molar-refractivity contribution is -0.128. The smallest absolute Gasteiger partial charge is 0.273 e. The van der Waals surface area contributed by atoms with Crippen LogP contribution in [0.3, 0.4) is 0 Å². The van der Waals surface area contributed by atoms with Crippen LogP contribution in [0.4, 0.5) is 0 Å². The second kappa shape index (κ2) is 7.90. The number of nitrogens with zero attached hydrogens (tertiary/aromatic N) is 6. The van der Waals surface area contributed by atoms with Crippen LogP contribution < -0.4 is 5.10 Å². The van der Waals surface area contributed by atoms with Gasteiger partial charge in [-0.05, 0) is 66.2 Å². The van der Waals surface area contributed by atoms with Crippen LogP contribution in [0.25, 0.3) is 22.5 Å². The molecule has 2 heterocycles. The van der Waals surface area contributed by atoms with Crippen LogP contribution in [0.2, 0.25) is 0 Å². The molecule has 33 heavy (non-hydrogen) atoms. The molecule has 2 aliphatic carbocycles. The third-order valence-electron chi connectivity index (χ3n) is 7.30. The van der Waals surface area contributed by atoms with E-state index in [1.54, 1.807) is 0 Å². The average molecular weight is 440 g/mol. The fourth-order valence-corrected chi connectivity index (χ4v) is 5.56. The van der Waals surface area contributed by atoms with Gasteiger partial charge in [0.25, 0.3) is 5.91 Å². The van der Waals surface area contributed by atoms with Crippen molar-refractivity contribution in [1.82, 2.24) is 25.5 Å². The highest BCUT2D eigenvalue weighted by Gasteiger charge is 2.65. The molecular formula is C26H27N6O-. The summed E-state index contributed by atoms with van der Waals surface area (Å²) in [4.78, 5) is 20.3. The number of benzene rings is 2. The van der Waals surface area contributed by atoms with Crippen molar-refractivity contribution in [2.24, 2.45) is 16.8 Å². The molecule has 6 rings (SSSR count). The molecule has 7 nitrogen and oxygen atoms in total. The highest BCUT2D eigenvalue weighted by Crippen LogP contribution is 2.58. The van der Waals surface area contributed by atoms with E-state index in [0.29, 0.717) is 17.7 Å². The maximum atomic E-state index is 13.3. The monoisotopic (exact) mass is 439 g/mol. The predicted molar refractivity (Wildman–Crippen MR) is 125 cm³/mol. The maximum Gasteiger partial charge on any atom is 0.273 e. The van der Waals surface area contributed by atoms with Crippen molar-refractivity contribution in [1.29, 1.82) is 0 Å². The Labute approximate surface area is 193 Å². The van der Waals surface area contributed by atoms with E-state index in [4.69, 9.17) is 0 Å². The first kappa shape index (κ1) is 20.3. The molecule has 0 saturated heterocycles.